The first-order valence-electron chi connectivity index (χ1n) is 5.53. The fourth-order valence-corrected chi connectivity index (χ4v) is 2.35. The van der Waals surface area contributed by atoms with Crippen molar-refractivity contribution in [3.8, 4) is 5.88 Å². The van der Waals surface area contributed by atoms with Gasteiger partial charge < -0.3 is 15.2 Å². The monoisotopic (exact) mass is 337 g/mol. The van der Waals surface area contributed by atoms with Crippen molar-refractivity contribution in [1.82, 2.24) is 8.75 Å². The van der Waals surface area contributed by atoms with E-state index in [0.717, 1.165) is 23.9 Å². The van der Waals surface area contributed by atoms with Gasteiger partial charge in [0.25, 0.3) is 0 Å². The minimum absolute atomic E-state index is 0.0366. The smallest absolute Gasteiger partial charge is 0.245 e. The van der Waals surface area contributed by atoms with Crippen molar-refractivity contribution in [2.75, 3.05) is 18.5 Å². The minimum atomic E-state index is -0.811. The van der Waals surface area contributed by atoms with E-state index < -0.39 is 11.9 Å². The van der Waals surface area contributed by atoms with Crippen LogP contribution in [-0.2, 0) is 0 Å². The Morgan fingerprint density at radius 2 is 2.10 bits per heavy atom. The lowest BCUT2D eigenvalue weighted by molar-refractivity contribution is 0.115. The number of anilines is 1. The van der Waals surface area contributed by atoms with Gasteiger partial charge in [-0.3, -0.25) is 0 Å². The van der Waals surface area contributed by atoms with E-state index >= 15 is 0 Å². The van der Waals surface area contributed by atoms with Gasteiger partial charge in [0, 0.05) is 6.54 Å². The summed E-state index contributed by atoms with van der Waals surface area (Å²) < 4.78 is 25.8. The van der Waals surface area contributed by atoms with Crippen molar-refractivity contribution in [2.24, 2.45) is 0 Å². The molecule has 9 heteroatoms. The van der Waals surface area contributed by atoms with Gasteiger partial charge in [0.1, 0.15) is 24.7 Å². The first-order valence-corrected chi connectivity index (χ1v) is 7.01. The molecule has 108 valence electrons. The van der Waals surface area contributed by atoms with Gasteiger partial charge in [0.05, 0.1) is 27.5 Å². The van der Waals surface area contributed by atoms with Crippen LogP contribution in [0.3, 0.4) is 0 Å². The number of halogens is 3. The Morgan fingerprint density at radius 1 is 1.40 bits per heavy atom. The highest BCUT2D eigenvalue weighted by Gasteiger charge is 2.11. The van der Waals surface area contributed by atoms with Gasteiger partial charge in [-0.2, -0.15) is 4.37 Å². The fraction of sp³-hybridized carbons (Fsp3) is 0.273. The number of benzene rings is 1. The molecule has 2 aromatic rings. The number of aliphatic hydroxyl groups is 1. The lowest BCUT2D eigenvalue weighted by atomic mass is 10.3. The van der Waals surface area contributed by atoms with Gasteiger partial charge in [-0.25, -0.2) is 4.39 Å². The molecule has 1 aromatic carbocycles. The van der Waals surface area contributed by atoms with E-state index in [1.165, 1.54) is 6.20 Å². The predicted octanol–water partition coefficient (Wildman–Crippen LogP) is 2.84. The molecule has 0 amide bonds. The first kappa shape index (κ1) is 15.2. The highest BCUT2D eigenvalue weighted by Crippen LogP contribution is 2.31. The van der Waals surface area contributed by atoms with E-state index in [1.54, 1.807) is 0 Å². The largest absolute Gasteiger partial charge is 0.473 e. The van der Waals surface area contributed by atoms with Crippen LogP contribution >= 0.6 is 34.9 Å². The Kier molecular flexibility index (Phi) is 5.36. The fourth-order valence-electron chi connectivity index (χ4n) is 1.39. The van der Waals surface area contributed by atoms with Gasteiger partial charge in [0.2, 0.25) is 5.88 Å². The van der Waals surface area contributed by atoms with Gasteiger partial charge in [-0.1, -0.05) is 23.2 Å². The van der Waals surface area contributed by atoms with E-state index in [-0.39, 0.29) is 23.2 Å². The van der Waals surface area contributed by atoms with Crippen LogP contribution in [0.2, 0.25) is 10.0 Å². The number of hydrogen-bond donors (Lipinski definition) is 2. The van der Waals surface area contributed by atoms with Gasteiger partial charge >= 0.3 is 0 Å². The Bertz CT molecular complexity index is 548. The van der Waals surface area contributed by atoms with E-state index in [0.29, 0.717) is 11.6 Å². The van der Waals surface area contributed by atoms with Gasteiger partial charge in [0.15, 0.2) is 0 Å². The van der Waals surface area contributed by atoms with Crippen molar-refractivity contribution < 1.29 is 14.2 Å². The quantitative estimate of drug-likeness (QED) is 0.848. The van der Waals surface area contributed by atoms with Crippen LogP contribution in [0.15, 0.2) is 18.3 Å². The normalized spacial score (nSPS) is 12.2. The number of ether oxygens (including phenoxy) is 1. The van der Waals surface area contributed by atoms with E-state index in [4.69, 9.17) is 27.9 Å². The molecule has 20 heavy (non-hydrogen) atoms. The molecule has 1 atom stereocenters. The molecule has 2 rings (SSSR count). The Labute approximate surface area is 128 Å². The summed E-state index contributed by atoms with van der Waals surface area (Å²) in [6.45, 7) is 0.178. The summed E-state index contributed by atoms with van der Waals surface area (Å²) in [7, 11) is 0. The maximum Gasteiger partial charge on any atom is 0.245 e. The molecule has 0 fully saturated rings. The van der Waals surface area contributed by atoms with Crippen molar-refractivity contribution >= 4 is 40.6 Å². The second kappa shape index (κ2) is 7.03. The third kappa shape index (κ3) is 4.17. The highest BCUT2D eigenvalue weighted by molar-refractivity contribution is 6.99. The molecule has 0 radical (unpaired) electrons. The molecule has 0 spiro atoms. The molecule has 0 aliphatic rings. The number of rotatable bonds is 6. The molecular weight excluding hydrogens is 328 g/mol. The Hall–Kier alpha value is -1.15. The number of nitrogens with zero attached hydrogens (tertiary/aromatic N) is 2. The predicted molar refractivity (Wildman–Crippen MR) is 76.3 cm³/mol. The molecule has 2 N–H and O–H groups in total. The van der Waals surface area contributed by atoms with E-state index in [2.05, 4.69) is 14.1 Å². The van der Waals surface area contributed by atoms with Crippen LogP contribution in [0, 0.1) is 5.82 Å². The lowest BCUT2D eigenvalue weighted by Gasteiger charge is -2.14. The summed E-state index contributed by atoms with van der Waals surface area (Å²) >= 11 is 12.7. The maximum absolute atomic E-state index is 13.0. The number of hydrogen-bond acceptors (Lipinski definition) is 6. The van der Waals surface area contributed by atoms with E-state index in [9.17, 15) is 9.50 Å². The van der Waals surface area contributed by atoms with Gasteiger partial charge in [-0.15, -0.1) is 4.37 Å². The van der Waals surface area contributed by atoms with Crippen LogP contribution in [-0.4, -0.2) is 33.1 Å². The molecule has 0 saturated carbocycles. The molecule has 0 aliphatic carbocycles. The molecule has 1 aromatic heterocycles. The van der Waals surface area contributed by atoms with Crippen LogP contribution in [0.1, 0.15) is 0 Å². The summed E-state index contributed by atoms with van der Waals surface area (Å²) in [5.74, 6) is -0.169. The average molecular weight is 338 g/mol. The minimum Gasteiger partial charge on any atom is -0.473 e. The number of aromatic nitrogens is 2. The van der Waals surface area contributed by atoms with Crippen LogP contribution in [0.5, 0.6) is 5.88 Å². The lowest BCUT2D eigenvalue weighted by Crippen LogP contribution is -2.26. The summed E-state index contributed by atoms with van der Waals surface area (Å²) in [5, 5.41) is 12.9. The molecule has 0 saturated heterocycles. The second-order valence-corrected chi connectivity index (χ2v) is 5.21. The Morgan fingerprint density at radius 3 is 2.70 bits per heavy atom. The van der Waals surface area contributed by atoms with Crippen molar-refractivity contribution in [1.29, 1.82) is 0 Å². The molecule has 1 heterocycles. The Balaban J connectivity index is 1.85. The summed E-state index contributed by atoms with van der Waals surface area (Å²) in [6.07, 6.45) is 0.646. The third-order valence-corrected chi connectivity index (χ3v) is 3.34. The van der Waals surface area contributed by atoms with Crippen LogP contribution in [0.25, 0.3) is 0 Å². The standard InChI is InChI=1S/C11H10Cl2FN3O2S/c12-8-1-6(14)2-9(13)11(8)15-3-7(18)5-19-10-4-16-20-17-10/h1-2,4,7,15,18H,3,5H2. The summed E-state index contributed by atoms with van der Waals surface area (Å²) in [4.78, 5) is 0. The van der Waals surface area contributed by atoms with Crippen molar-refractivity contribution in [2.45, 2.75) is 6.10 Å². The van der Waals surface area contributed by atoms with Crippen LogP contribution < -0.4 is 10.1 Å². The number of nitrogens with one attached hydrogen (secondary N) is 1. The molecule has 1 unspecified atom stereocenters. The zero-order valence-corrected chi connectivity index (χ0v) is 12.3. The van der Waals surface area contributed by atoms with Crippen LogP contribution in [0.4, 0.5) is 10.1 Å². The third-order valence-electron chi connectivity index (χ3n) is 2.29. The van der Waals surface area contributed by atoms with Gasteiger partial charge in [-0.05, 0) is 12.1 Å². The SMILES string of the molecule is OC(CNc1c(Cl)cc(F)cc1Cl)COc1cnsn1. The first-order chi connectivity index (χ1) is 9.56. The highest BCUT2D eigenvalue weighted by atomic mass is 35.5. The van der Waals surface area contributed by atoms with Crippen molar-refractivity contribution in [3.05, 3.63) is 34.2 Å². The molecule has 0 aliphatic heterocycles. The summed E-state index contributed by atoms with van der Waals surface area (Å²) in [5.41, 5.74) is 0.365. The zero-order valence-electron chi connectivity index (χ0n) is 10.0. The molecule has 5 nitrogen and oxygen atoms in total. The zero-order chi connectivity index (χ0) is 14.5. The number of aliphatic hydroxyl groups excluding tert-OH is 1. The molecule has 0 bridgehead atoms. The molecular formula is C11H10Cl2FN3O2S. The van der Waals surface area contributed by atoms with E-state index in [1.807, 2.05) is 0 Å². The maximum atomic E-state index is 13.0. The van der Waals surface area contributed by atoms with Crippen molar-refractivity contribution in [3.63, 3.8) is 0 Å². The second-order valence-electron chi connectivity index (χ2n) is 3.84. The summed E-state index contributed by atoms with van der Waals surface area (Å²) in [6, 6.07) is 2.28. The topological polar surface area (TPSA) is 67.3 Å². The average Bonchev–Trinajstić information content (AvgIpc) is 2.88.